The van der Waals surface area contributed by atoms with Crippen molar-refractivity contribution in [2.45, 2.75) is 183 Å². The van der Waals surface area contributed by atoms with Crippen molar-refractivity contribution >= 4 is 43.4 Å². The van der Waals surface area contributed by atoms with Gasteiger partial charge in [-0.1, -0.05) is 163 Å². The van der Waals surface area contributed by atoms with Crippen LogP contribution in [0.2, 0.25) is 10.1 Å². The molecule has 0 bridgehead atoms. The van der Waals surface area contributed by atoms with Crippen LogP contribution >= 0.6 is 0 Å². The van der Waals surface area contributed by atoms with E-state index >= 15 is 0 Å². The molecule has 67 heavy (non-hydrogen) atoms. The third-order valence-corrected chi connectivity index (χ3v) is 25.4. The van der Waals surface area contributed by atoms with Gasteiger partial charge in [-0.25, -0.2) is 0 Å². The van der Waals surface area contributed by atoms with Crippen LogP contribution < -0.4 is 20.7 Å². The summed E-state index contributed by atoms with van der Waals surface area (Å²) in [6.45, 7) is 16.6. The van der Waals surface area contributed by atoms with Crippen LogP contribution in [0.5, 0.6) is 0 Å². The maximum absolute atomic E-state index is 12.6. The molecule has 4 aromatic rings. The van der Waals surface area contributed by atoms with E-state index in [4.69, 9.17) is 37.3 Å². The van der Waals surface area contributed by atoms with Gasteiger partial charge in [0.25, 0.3) is 16.6 Å². The van der Waals surface area contributed by atoms with Gasteiger partial charge in [-0.3, -0.25) is 4.79 Å². The number of hydrogen-bond acceptors (Lipinski definition) is 9. The maximum atomic E-state index is 12.6. The Labute approximate surface area is 401 Å². The second-order valence-corrected chi connectivity index (χ2v) is 30.3. The maximum Gasteiger partial charge on any atom is 0.302 e. The van der Waals surface area contributed by atoms with Crippen molar-refractivity contribution in [3.8, 4) is 0 Å². The van der Waals surface area contributed by atoms with Gasteiger partial charge in [-0.05, 0) is 69.3 Å². The first kappa shape index (κ1) is 48.5. The molecule has 360 valence electrons. The molecule has 5 heterocycles. The van der Waals surface area contributed by atoms with Gasteiger partial charge >= 0.3 is 5.97 Å². The molecule has 0 amide bonds. The van der Waals surface area contributed by atoms with Crippen LogP contribution in [0.3, 0.4) is 0 Å². The van der Waals surface area contributed by atoms with E-state index < -0.39 is 22.7 Å². The molecule has 5 aliphatic rings. The molecule has 0 aliphatic carbocycles. The van der Waals surface area contributed by atoms with Crippen LogP contribution in [-0.2, 0) is 42.1 Å². The molecule has 4 aromatic carbocycles. The molecular formula is C56H74O9Si2. The van der Waals surface area contributed by atoms with Crippen LogP contribution in [-0.4, -0.2) is 103 Å². The topological polar surface area (TPSA) is 90.9 Å². The summed E-state index contributed by atoms with van der Waals surface area (Å²) in [5.41, 5.74) is 0. The Bertz CT molecular complexity index is 2120. The predicted molar refractivity (Wildman–Crippen MR) is 268 cm³/mol. The third-order valence-electron chi connectivity index (χ3n) is 15.3. The van der Waals surface area contributed by atoms with Crippen molar-refractivity contribution in [3.63, 3.8) is 0 Å². The molecule has 0 saturated carbocycles. The number of fused-ring (bicyclic) bond motifs is 4. The molecule has 0 unspecified atom stereocenters. The highest BCUT2D eigenvalue weighted by Gasteiger charge is 2.57. The van der Waals surface area contributed by atoms with Gasteiger partial charge in [0.05, 0.1) is 61.5 Å². The number of esters is 1. The van der Waals surface area contributed by atoms with Crippen molar-refractivity contribution in [2.75, 3.05) is 13.2 Å². The molecule has 0 N–H and O–H groups in total. The predicted octanol–water partition coefficient (Wildman–Crippen LogP) is 8.42. The fourth-order valence-electron chi connectivity index (χ4n) is 12.2. The molecule has 0 aromatic heterocycles. The number of hydrogen-bond donors (Lipinski definition) is 0. The van der Waals surface area contributed by atoms with Crippen LogP contribution in [0.4, 0.5) is 0 Å². The van der Waals surface area contributed by atoms with E-state index in [2.05, 4.69) is 163 Å². The number of benzene rings is 4. The molecular weight excluding hydrogens is 873 g/mol. The lowest BCUT2D eigenvalue weighted by Crippen LogP contribution is -2.70. The Morgan fingerprint density at radius 2 is 0.955 bits per heavy atom. The summed E-state index contributed by atoms with van der Waals surface area (Å²) < 4.78 is 57.2. The number of ether oxygens (including phenoxy) is 6. The molecule has 9 rings (SSSR count). The van der Waals surface area contributed by atoms with E-state index in [-0.39, 0.29) is 77.1 Å². The van der Waals surface area contributed by atoms with Crippen LogP contribution in [0, 0.1) is 0 Å². The highest BCUT2D eigenvalue weighted by molar-refractivity contribution is 7.00. The summed E-state index contributed by atoms with van der Waals surface area (Å²) in [4.78, 5) is 12.6. The first-order valence-corrected chi connectivity index (χ1v) is 29.0. The van der Waals surface area contributed by atoms with Gasteiger partial charge in [0, 0.05) is 32.8 Å². The standard InChI is InChI=1S/C56H74O9Si2/c1-39(57)60-40-30-31-46-51(36-49-45(61-46)29-20-34-58-49)62-47-32-33-48-52(64-50(47)35-40)37-53(65-67(56(5,6)7,43-25-16-10-17-26-43)44-27-18-11-19-28-44)54(63-48)38-59-66(55(2,3)4,41-21-12-8-13-22-41)42-23-14-9-15-24-42/h8-19,21-28,40,45-54H,20,29-38H2,1-7H3/t40-,45-,46+,47+,48-,49+,50+,51-,52+,53-,54+/m0/s1. The summed E-state index contributed by atoms with van der Waals surface area (Å²) >= 11 is 0. The fourth-order valence-corrected chi connectivity index (χ4v) is 21.5. The van der Waals surface area contributed by atoms with Crippen molar-refractivity contribution in [1.82, 2.24) is 0 Å². The van der Waals surface area contributed by atoms with E-state index in [0.717, 1.165) is 45.1 Å². The number of carbonyl (C=O) groups is 1. The Morgan fingerprint density at radius 1 is 0.522 bits per heavy atom. The molecule has 0 radical (unpaired) electrons. The molecule has 9 nitrogen and oxygen atoms in total. The van der Waals surface area contributed by atoms with Gasteiger partial charge in [0.1, 0.15) is 12.2 Å². The molecule has 11 heteroatoms. The highest BCUT2D eigenvalue weighted by Crippen LogP contribution is 2.44. The second-order valence-electron chi connectivity index (χ2n) is 21.8. The highest BCUT2D eigenvalue weighted by atomic mass is 28.4. The second kappa shape index (κ2) is 20.5. The lowest BCUT2D eigenvalue weighted by molar-refractivity contribution is -0.235. The molecule has 5 aliphatic heterocycles. The molecule has 5 fully saturated rings. The van der Waals surface area contributed by atoms with Crippen molar-refractivity contribution < 1.29 is 42.1 Å². The lowest BCUT2D eigenvalue weighted by atomic mass is 9.91. The molecule has 0 spiro atoms. The number of rotatable bonds is 10. The van der Waals surface area contributed by atoms with E-state index in [1.807, 2.05) is 0 Å². The fraction of sp³-hybridized carbons (Fsp3) is 0.554. The minimum atomic E-state index is -3.09. The van der Waals surface area contributed by atoms with Crippen LogP contribution in [0.1, 0.15) is 106 Å². The minimum absolute atomic E-state index is 0.0202. The minimum Gasteiger partial charge on any atom is -0.462 e. The first-order valence-electron chi connectivity index (χ1n) is 25.2. The Balaban J connectivity index is 1.10. The normalized spacial score (nSPS) is 30.7. The lowest BCUT2D eigenvalue weighted by Gasteiger charge is -2.50. The largest absolute Gasteiger partial charge is 0.462 e. The zero-order valence-electron chi connectivity index (χ0n) is 40.9. The summed E-state index contributed by atoms with van der Waals surface area (Å²) in [7, 11) is -6.06. The van der Waals surface area contributed by atoms with Gasteiger partial charge in [0.15, 0.2) is 0 Å². The van der Waals surface area contributed by atoms with Crippen LogP contribution in [0.15, 0.2) is 121 Å². The monoisotopic (exact) mass is 946 g/mol. The smallest absolute Gasteiger partial charge is 0.302 e. The van der Waals surface area contributed by atoms with E-state index in [1.54, 1.807) is 0 Å². The van der Waals surface area contributed by atoms with Gasteiger partial charge in [0.2, 0.25) is 0 Å². The summed E-state index contributed by atoms with van der Waals surface area (Å²) in [6, 6.07) is 43.5. The zero-order valence-corrected chi connectivity index (χ0v) is 42.9. The zero-order chi connectivity index (χ0) is 46.8. The summed E-state index contributed by atoms with van der Waals surface area (Å²) in [5, 5.41) is 4.39. The summed E-state index contributed by atoms with van der Waals surface area (Å²) in [5.74, 6) is -0.279. The Morgan fingerprint density at radius 3 is 1.48 bits per heavy atom. The van der Waals surface area contributed by atoms with Crippen molar-refractivity contribution in [3.05, 3.63) is 121 Å². The molecule has 5 saturated heterocycles. The number of carbonyl (C=O) groups excluding carboxylic acids is 1. The van der Waals surface area contributed by atoms with Gasteiger partial charge in [-0.2, -0.15) is 0 Å². The van der Waals surface area contributed by atoms with Gasteiger partial charge in [-0.15, -0.1) is 0 Å². The Kier molecular flexibility index (Phi) is 14.8. The van der Waals surface area contributed by atoms with Crippen LogP contribution in [0.25, 0.3) is 0 Å². The Hall–Kier alpha value is -3.50. The average Bonchev–Trinajstić information content (AvgIpc) is 3.44. The van der Waals surface area contributed by atoms with Crippen molar-refractivity contribution in [2.24, 2.45) is 0 Å². The van der Waals surface area contributed by atoms with Gasteiger partial charge < -0.3 is 37.3 Å². The quantitative estimate of drug-likeness (QED) is 0.115. The molecule has 11 atom stereocenters. The van der Waals surface area contributed by atoms with Crippen molar-refractivity contribution in [1.29, 1.82) is 0 Å². The third kappa shape index (κ3) is 10.1. The SMILES string of the molecule is CC(=O)O[C@H]1CC[C@H]2O[C@H]3CCCO[C@@H]3C[C@@H]2O[C@@H]2CC[C@@H]3O[C@H](CO[Si](c4ccccc4)(c4ccccc4)C(C)(C)C)[C@@H](O[Si](c4ccccc4)(c4ccccc4)C(C)(C)C)C[C@H]3O[C@@H]2C1. The van der Waals surface area contributed by atoms with E-state index in [0.29, 0.717) is 25.9 Å². The summed E-state index contributed by atoms with van der Waals surface area (Å²) in [6.07, 6.45) is 4.45. The first-order chi connectivity index (χ1) is 32.2. The average molecular weight is 947 g/mol. The van der Waals surface area contributed by atoms with E-state index in [1.165, 1.54) is 27.7 Å². The van der Waals surface area contributed by atoms with E-state index in [9.17, 15) is 4.79 Å².